The summed E-state index contributed by atoms with van der Waals surface area (Å²) in [6.07, 6.45) is 1.50. The van der Waals surface area contributed by atoms with Crippen LogP contribution in [0, 0.1) is 6.92 Å². The average molecular weight is 297 g/mol. The number of rotatable bonds is 4. The molecule has 0 radical (unpaired) electrons. The van der Waals surface area contributed by atoms with Crippen LogP contribution < -0.4 is 0 Å². The summed E-state index contributed by atoms with van der Waals surface area (Å²) >= 11 is 1.25. The first-order valence-electron chi connectivity index (χ1n) is 5.35. The minimum Gasteiger partial charge on any atom is -0.478 e. The molecular weight excluding hydrogens is 286 g/mol. The highest BCUT2D eigenvalue weighted by molar-refractivity contribution is 7.90. The van der Waals surface area contributed by atoms with Gasteiger partial charge in [0.2, 0.25) is 0 Å². The number of hydrogen-bond donors (Lipinski definition) is 1. The van der Waals surface area contributed by atoms with Gasteiger partial charge in [0.05, 0.1) is 21.7 Å². The molecule has 0 atom stereocenters. The molecule has 1 heterocycles. The minimum absolute atomic E-state index is 0.00498. The molecule has 19 heavy (non-hydrogen) atoms. The summed E-state index contributed by atoms with van der Waals surface area (Å²) < 4.78 is 24.6. The highest BCUT2D eigenvalue weighted by Crippen LogP contribution is 2.23. The number of aromatic nitrogens is 1. The highest BCUT2D eigenvalue weighted by Gasteiger charge is 2.21. The van der Waals surface area contributed by atoms with Gasteiger partial charge >= 0.3 is 5.97 Å². The molecule has 0 saturated heterocycles. The van der Waals surface area contributed by atoms with Gasteiger partial charge in [0.25, 0.3) is 0 Å². The molecule has 0 amide bonds. The molecule has 0 aliphatic carbocycles. The lowest BCUT2D eigenvalue weighted by atomic mass is 10.1. The van der Waals surface area contributed by atoms with E-state index in [-0.39, 0.29) is 21.8 Å². The molecule has 1 aromatic heterocycles. The second-order valence-electron chi connectivity index (χ2n) is 3.96. The van der Waals surface area contributed by atoms with E-state index in [1.807, 2.05) is 0 Å². The number of thiazole rings is 1. The Labute approximate surface area is 114 Å². The average Bonchev–Trinajstić information content (AvgIpc) is 2.80. The quantitative estimate of drug-likeness (QED) is 0.934. The van der Waals surface area contributed by atoms with Gasteiger partial charge in [-0.15, -0.1) is 11.3 Å². The summed E-state index contributed by atoms with van der Waals surface area (Å²) in [5, 5.41) is 9.01. The normalized spacial score (nSPS) is 11.4. The van der Waals surface area contributed by atoms with Crippen LogP contribution in [0.2, 0.25) is 0 Å². The summed E-state index contributed by atoms with van der Waals surface area (Å²) in [6.45, 7) is 1.50. The second kappa shape index (κ2) is 5.10. The van der Waals surface area contributed by atoms with Gasteiger partial charge in [0, 0.05) is 11.1 Å². The van der Waals surface area contributed by atoms with Crippen LogP contribution in [-0.2, 0) is 15.6 Å². The molecule has 2 rings (SSSR count). The van der Waals surface area contributed by atoms with Crippen molar-refractivity contribution in [3.63, 3.8) is 0 Å². The standard InChI is InChI=1S/C12H11NO4S2/c1-8-10(12(14)15)3-2-4-11(8)19(16,17)6-9-5-13-7-18-9/h2-5,7H,6H2,1H3,(H,14,15). The van der Waals surface area contributed by atoms with Crippen molar-refractivity contribution in [2.45, 2.75) is 17.6 Å². The first kappa shape index (κ1) is 13.7. The molecule has 0 saturated carbocycles. The van der Waals surface area contributed by atoms with Crippen LogP contribution in [0.15, 0.2) is 34.8 Å². The fourth-order valence-electron chi connectivity index (χ4n) is 1.76. The maximum atomic E-state index is 12.3. The summed E-state index contributed by atoms with van der Waals surface area (Å²) in [7, 11) is -3.56. The van der Waals surface area contributed by atoms with Crippen LogP contribution in [0.5, 0.6) is 0 Å². The van der Waals surface area contributed by atoms with E-state index in [1.165, 1.54) is 42.7 Å². The molecule has 0 aliphatic rings. The highest BCUT2D eigenvalue weighted by atomic mass is 32.2. The molecule has 2 aromatic rings. The van der Waals surface area contributed by atoms with E-state index in [2.05, 4.69) is 4.98 Å². The Morgan fingerprint density at radius 2 is 2.16 bits per heavy atom. The van der Waals surface area contributed by atoms with E-state index < -0.39 is 15.8 Å². The Balaban J connectivity index is 2.47. The number of carboxylic acids is 1. The second-order valence-corrected chi connectivity index (χ2v) is 6.89. The molecule has 0 fully saturated rings. The maximum absolute atomic E-state index is 12.3. The predicted molar refractivity (Wildman–Crippen MR) is 71.1 cm³/mol. The fourth-order valence-corrected chi connectivity index (χ4v) is 4.34. The van der Waals surface area contributed by atoms with Crippen molar-refractivity contribution in [3.8, 4) is 0 Å². The lowest BCUT2D eigenvalue weighted by Crippen LogP contribution is -2.09. The van der Waals surface area contributed by atoms with Crippen LogP contribution in [0.25, 0.3) is 0 Å². The number of aromatic carboxylic acids is 1. The van der Waals surface area contributed by atoms with E-state index in [9.17, 15) is 13.2 Å². The van der Waals surface area contributed by atoms with Gasteiger partial charge in [-0.05, 0) is 24.6 Å². The lowest BCUT2D eigenvalue weighted by Gasteiger charge is -2.08. The molecule has 0 aliphatic heterocycles. The van der Waals surface area contributed by atoms with Gasteiger partial charge in [-0.2, -0.15) is 0 Å². The SMILES string of the molecule is Cc1c(C(=O)O)cccc1S(=O)(=O)Cc1cncs1. The van der Waals surface area contributed by atoms with Crippen LogP contribution in [0.4, 0.5) is 0 Å². The fraction of sp³-hybridized carbons (Fsp3) is 0.167. The number of benzene rings is 1. The van der Waals surface area contributed by atoms with Crippen molar-refractivity contribution in [2.24, 2.45) is 0 Å². The Bertz CT molecular complexity index is 705. The van der Waals surface area contributed by atoms with Crippen molar-refractivity contribution < 1.29 is 18.3 Å². The van der Waals surface area contributed by atoms with E-state index in [0.717, 1.165) is 0 Å². The maximum Gasteiger partial charge on any atom is 0.335 e. The minimum atomic E-state index is -3.56. The zero-order chi connectivity index (χ0) is 14.0. The van der Waals surface area contributed by atoms with Gasteiger partial charge in [0.15, 0.2) is 9.84 Å². The van der Waals surface area contributed by atoms with Crippen molar-refractivity contribution in [2.75, 3.05) is 0 Å². The summed E-state index contributed by atoms with van der Waals surface area (Å²) in [6, 6.07) is 4.26. The van der Waals surface area contributed by atoms with Gasteiger partial charge < -0.3 is 5.11 Å². The lowest BCUT2D eigenvalue weighted by molar-refractivity contribution is 0.0696. The molecule has 0 spiro atoms. The zero-order valence-corrected chi connectivity index (χ0v) is 11.7. The smallest absolute Gasteiger partial charge is 0.335 e. The summed E-state index contributed by atoms with van der Waals surface area (Å²) in [4.78, 5) is 15.5. The molecule has 1 N–H and O–H groups in total. The third-order valence-electron chi connectivity index (χ3n) is 2.67. The first-order chi connectivity index (χ1) is 8.92. The third kappa shape index (κ3) is 2.82. The van der Waals surface area contributed by atoms with Crippen LogP contribution in [0.3, 0.4) is 0 Å². The number of carboxylic acid groups (broad SMARTS) is 1. The van der Waals surface area contributed by atoms with Crippen molar-refractivity contribution >= 4 is 27.1 Å². The van der Waals surface area contributed by atoms with Crippen molar-refractivity contribution in [1.82, 2.24) is 4.98 Å². The summed E-state index contributed by atoms with van der Waals surface area (Å²) in [5.41, 5.74) is 1.83. The largest absolute Gasteiger partial charge is 0.478 e. The van der Waals surface area contributed by atoms with Crippen LogP contribution in [0.1, 0.15) is 20.8 Å². The van der Waals surface area contributed by atoms with E-state index >= 15 is 0 Å². The molecule has 7 heteroatoms. The molecule has 0 unspecified atom stereocenters. The van der Waals surface area contributed by atoms with Gasteiger partial charge in [0.1, 0.15) is 0 Å². The van der Waals surface area contributed by atoms with Crippen molar-refractivity contribution in [3.05, 3.63) is 45.9 Å². The first-order valence-corrected chi connectivity index (χ1v) is 7.88. The third-order valence-corrected chi connectivity index (χ3v) is 5.43. The number of carbonyl (C=O) groups is 1. The zero-order valence-electron chi connectivity index (χ0n) is 10.0. The monoisotopic (exact) mass is 297 g/mol. The molecule has 5 nitrogen and oxygen atoms in total. The van der Waals surface area contributed by atoms with Gasteiger partial charge in [-0.25, -0.2) is 13.2 Å². The summed E-state index contributed by atoms with van der Waals surface area (Å²) in [5.74, 6) is -1.30. The van der Waals surface area contributed by atoms with Crippen molar-refractivity contribution in [1.29, 1.82) is 0 Å². The van der Waals surface area contributed by atoms with Gasteiger partial charge in [-0.3, -0.25) is 4.98 Å². The Hall–Kier alpha value is -1.73. The van der Waals surface area contributed by atoms with Crippen LogP contribution >= 0.6 is 11.3 Å². The Morgan fingerprint density at radius 3 is 2.74 bits per heavy atom. The van der Waals surface area contributed by atoms with Crippen LogP contribution in [-0.4, -0.2) is 24.5 Å². The Kier molecular flexibility index (Phi) is 3.68. The predicted octanol–water partition coefficient (Wildman–Crippen LogP) is 2.12. The molecule has 100 valence electrons. The van der Waals surface area contributed by atoms with E-state index in [4.69, 9.17) is 5.11 Å². The number of nitrogens with zero attached hydrogens (tertiary/aromatic N) is 1. The number of hydrogen-bond acceptors (Lipinski definition) is 5. The molecule has 0 bridgehead atoms. The topological polar surface area (TPSA) is 84.3 Å². The number of sulfone groups is 1. The molecular formula is C12H11NO4S2. The van der Waals surface area contributed by atoms with E-state index in [0.29, 0.717) is 4.88 Å². The Morgan fingerprint density at radius 1 is 1.42 bits per heavy atom. The van der Waals surface area contributed by atoms with E-state index in [1.54, 1.807) is 5.51 Å². The van der Waals surface area contributed by atoms with Gasteiger partial charge in [-0.1, -0.05) is 6.07 Å². The molecule has 1 aromatic carbocycles.